The van der Waals surface area contributed by atoms with Crippen LogP contribution in [0.25, 0.3) is 0 Å². The van der Waals surface area contributed by atoms with Crippen molar-refractivity contribution in [3.8, 4) is 0 Å². The fourth-order valence-electron chi connectivity index (χ4n) is 0.632. The molecule has 0 aliphatic heterocycles. The average Bonchev–Trinajstić information content (AvgIpc) is 1.83. The van der Waals surface area contributed by atoms with Crippen LogP contribution in [0.15, 0.2) is 0 Å². The highest BCUT2D eigenvalue weighted by molar-refractivity contribution is 4.57. The van der Waals surface area contributed by atoms with Crippen LogP contribution in [-0.4, -0.2) is 12.7 Å². The van der Waals surface area contributed by atoms with E-state index >= 15 is 0 Å². The molecular formula is C7H16FN. The number of hydrogen-bond donors (Lipinski definition) is 1. The molecule has 0 aliphatic rings. The third kappa shape index (κ3) is 5.77. The van der Waals surface area contributed by atoms with Gasteiger partial charge in [-0.3, -0.25) is 0 Å². The van der Waals surface area contributed by atoms with E-state index in [9.17, 15) is 4.39 Å². The molecule has 9 heavy (non-hydrogen) atoms. The van der Waals surface area contributed by atoms with Gasteiger partial charge in [-0.2, -0.15) is 0 Å². The van der Waals surface area contributed by atoms with Gasteiger partial charge in [0.05, 0.1) is 0 Å². The highest BCUT2D eigenvalue weighted by atomic mass is 19.1. The van der Waals surface area contributed by atoms with E-state index in [1.807, 2.05) is 0 Å². The van der Waals surface area contributed by atoms with E-state index in [4.69, 9.17) is 5.73 Å². The summed E-state index contributed by atoms with van der Waals surface area (Å²) >= 11 is 0. The first-order chi connectivity index (χ1) is 4.16. The third-order valence-electron chi connectivity index (χ3n) is 1.31. The van der Waals surface area contributed by atoms with Gasteiger partial charge in [0, 0.05) is 6.54 Å². The zero-order valence-corrected chi connectivity index (χ0v) is 6.23. The monoisotopic (exact) mass is 133 g/mol. The van der Waals surface area contributed by atoms with E-state index in [2.05, 4.69) is 13.8 Å². The van der Waals surface area contributed by atoms with Crippen LogP contribution < -0.4 is 5.73 Å². The van der Waals surface area contributed by atoms with Crippen molar-refractivity contribution in [1.29, 1.82) is 0 Å². The number of rotatable bonds is 4. The summed E-state index contributed by atoms with van der Waals surface area (Å²) in [6, 6.07) is 0. The molecular weight excluding hydrogens is 117 g/mol. The lowest BCUT2D eigenvalue weighted by molar-refractivity contribution is 0.302. The Kier molecular flexibility index (Phi) is 4.68. The summed E-state index contributed by atoms with van der Waals surface area (Å²) in [6.45, 7) is 4.35. The summed E-state index contributed by atoms with van der Waals surface area (Å²) in [5, 5.41) is 0. The lowest BCUT2D eigenvalue weighted by Crippen LogP contribution is -2.15. The fraction of sp³-hybridized carbons (Fsp3) is 1.00. The van der Waals surface area contributed by atoms with Gasteiger partial charge in [0.2, 0.25) is 0 Å². The molecule has 56 valence electrons. The van der Waals surface area contributed by atoms with E-state index in [0.29, 0.717) is 12.3 Å². The van der Waals surface area contributed by atoms with E-state index in [1.54, 1.807) is 0 Å². The van der Waals surface area contributed by atoms with Gasteiger partial charge in [-0.25, -0.2) is 4.39 Å². The predicted octanol–water partition coefficient (Wildman–Crippen LogP) is 1.72. The Morgan fingerprint density at radius 3 is 2.22 bits per heavy atom. The molecule has 1 nitrogen and oxygen atoms in total. The van der Waals surface area contributed by atoms with Crippen molar-refractivity contribution in [2.75, 3.05) is 6.54 Å². The summed E-state index contributed by atoms with van der Waals surface area (Å²) in [5.41, 5.74) is 5.08. The summed E-state index contributed by atoms with van der Waals surface area (Å²) in [7, 11) is 0. The van der Waals surface area contributed by atoms with Gasteiger partial charge in [0.1, 0.15) is 6.17 Å². The second-order valence-electron chi connectivity index (χ2n) is 2.80. The van der Waals surface area contributed by atoms with Crippen molar-refractivity contribution in [3.05, 3.63) is 0 Å². The predicted molar refractivity (Wildman–Crippen MR) is 38.0 cm³/mol. The first-order valence-electron chi connectivity index (χ1n) is 3.51. The van der Waals surface area contributed by atoms with Crippen LogP contribution in [0.1, 0.15) is 26.7 Å². The van der Waals surface area contributed by atoms with Crippen molar-refractivity contribution >= 4 is 0 Å². The molecule has 0 rings (SSSR count). The smallest absolute Gasteiger partial charge is 0.112 e. The van der Waals surface area contributed by atoms with E-state index in [1.165, 1.54) is 0 Å². The Bertz CT molecular complexity index is 63.9. The van der Waals surface area contributed by atoms with Gasteiger partial charge in [0.25, 0.3) is 0 Å². The largest absolute Gasteiger partial charge is 0.328 e. The highest BCUT2D eigenvalue weighted by Gasteiger charge is 2.03. The number of alkyl halides is 1. The molecule has 0 saturated carbocycles. The van der Waals surface area contributed by atoms with Crippen LogP contribution in [0.3, 0.4) is 0 Å². The molecule has 0 aliphatic carbocycles. The fourth-order valence-corrected chi connectivity index (χ4v) is 0.632. The van der Waals surface area contributed by atoms with Crippen molar-refractivity contribution < 1.29 is 4.39 Å². The van der Waals surface area contributed by atoms with Crippen LogP contribution in [0.2, 0.25) is 0 Å². The Balaban J connectivity index is 3.06. The Labute approximate surface area is 56.4 Å². The molecule has 0 amide bonds. The lowest BCUT2D eigenvalue weighted by Gasteiger charge is -2.06. The van der Waals surface area contributed by atoms with Crippen LogP contribution in [0.5, 0.6) is 0 Å². The molecule has 2 N–H and O–H groups in total. The number of nitrogens with two attached hydrogens (primary N) is 1. The van der Waals surface area contributed by atoms with Crippen LogP contribution in [-0.2, 0) is 0 Å². The molecule has 0 aromatic heterocycles. The summed E-state index contributed by atoms with van der Waals surface area (Å²) in [5.74, 6) is 0.592. The van der Waals surface area contributed by atoms with Crippen molar-refractivity contribution in [1.82, 2.24) is 0 Å². The van der Waals surface area contributed by atoms with Crippen LogP contribution >= 0.6 is 0 Å². The SMILES string of the molecule is CC(C)CC[C@H](F)CN. The first kappa shape index (κ1) is 8.89. The van der Waals surface area contributed by atoms with Crippen molar-refractivity contribution in [3.63, 3.8) is 0 Å². The molecule has 0 saturated heterocycles. The topological polar surface area (TPSA) is 26.0 Å². The maximum absolute atomic E-state index is 12.4. The van der Waals surface area contributed by atoms with E-state index in [-0.39, 0.29) is 6.54 Å². The second kappa shape index (κ2) is 4.74. The maximum atomic E-state index is 12.4. The summed E-state index contributed by atoms with van der Waals surface area (Å²) < 4.78 is 12.4. The van der Waals surface area contributed by atoms with E-state index < -0.39 is 6.17 Å². The minimum Gasteiger partial charge on any atom is -0.328 e. The minimum atomic E-state index is -0.785. The maximum Gasteiger partial charge on any atom is 0.112 e. The Morgan fingerprint density at radius 2 is 1.89 bits per heavy atom. The molecule has 0 unspecified atom stereocenters. The quantitative estimate of drug-likeness (QED) is 0.621. The molecule has 1 atom stereocenters. The van der Waals surface area contributed by atoms with E-state index in [0.717, 1.165) is 6.42 Å². The number of halogens is 1. The van der Waals surface area contributed by atoms with Crippen molar-refractivity contribution in [2.45, 2.75) is 32.9 Å². The van der Waals surface area contributed by atoms with Crippen molar-refractivity contribution in [2.24, 2.45) is 11.7 Å². The lowest BCUT2D eigenvalue weighted by atomic mass is 10.1. The zero-order chi connectivity index (χ0) is 7.28. The summed E-state index contributed by atoms with van der Waals surface area (Å²) in [4.78, 5) is 0. The standard InChI is InChI=1S/C7H16FN/c1-6(2)3-4-7(8)5-9/h6-7H,3-5,9H2,1-2H3/t7-/m0/s1. The molecule has 0 aromatic carbocycles. The molecule has 0 fully saturated rings. The summed E-state index contributed by atoms with van der Waals surface area (Å²) in [6.07, 6.45) is 0.777. The third-order valence-corrected chi connectivity index (χ3v) is 1.31. The second-order valence-corrected chi connectivity index (χ2v) is 2.80. The van der Waals surface area contributed by atoms with Gasteiger partial charge in [-0.15, -0.1) is 0 Å². The molecule has 0 radical (unpaired) electrons. The highest BCUT2D eigenvalue weighted by Crippen LogP contribution is 2.07. The molecule has 0 heterocycles. The van der Waals surface area contributed by atoms with Gasteiger partial charge < -0.3 is 5.73 Å². The van der Waals surface area contributed by atoms with Gasteiger partial charge >= 0.3 is 0 Å². The Morgan fingerprint density at radius 1 is 1.33 bits per heavy atom. The van der Waals surface area contributed by atoms with Gasteiger partial charge in [0.15, 0.2) is 0 Å². The first-order valence-corrected chi connectivity index (χ1v) is 3.51. The minimum absolute atomic E-state index is 0.173. The normalized spacial score (nSPS) is 14.3. The molecule has 2 heteroatoms. The molecule has 0 bridgehead atoms. The zero-order valence-electron chi connectivity index (χ0n) is 6.23. The number of hydrogen-bond acceptors (Lipinski definition) is 1. The average molecular weight is 133 g/mol. The van der Waals surface area contributed by atoms with Gasteiger partial charge in [-0.1, -0.05) is 13.8 Å². The molecule has 0 aromatic rings. The molecule has 0 spiro atoms. The van der Waals surface area contributed by atoms with Crippen LogP contribution in [0.4, 0.5) is 4.39 Å². The van der Waals surface area contributed by atoms with Gasteiger partial charge in [-0.05, 0) is 18.8 Å². The Hall–Kier alpha value is -0.110. The van der Waals surface area contributed by atoms with Crippen LogP contribution in [0, 0.1) is 5.92 Å².